The van der Waals surface area contributed by atoms with Gasteiger partial charge in [-0.15, -0.1) is 0 Å². The van der Waals surface area contributed by atoms with E-state index in [2.05, 4.69) is 10.6 Å². The van der Waals surface area contributed by atoms with Crippen LogP contribution in [0.2, 0.25) is 0 Å². The Bertz CT molecular complexity index is 267. The number of hydrogen-bond acceptors (Lipinski definition) is 4. The predicted octanol–water partition coefficient (Wildman–Crippen LogP) is -2.34. The van der Waals surface area contributed by atoms with Crippen molar-refractivity contribution in [3.05, 3.63) is 0 Å². The summed E-state index contributed by atoms with van der Waals surface area (Å²) < 4.78 is 0. The molecule has 7 nitrogen and oxygen atoms in total. The van der Waals surface area contributed by atoms with E-state index < -0.39 is 11.8 Å². The Hall–Kier alpha value is -1.63. The minimum Gasteiger partial charge on any atom is -0.359 e. The molecule has 0 atom stereocenters. The Morgan fingerprint density at radius 1 is 1.31 bits per heavy atom. The lowest BCUT2D eigenvalue weighted by Crippen LogP contribution is -2.43. The fraction of sp³-hybridized carbons (Fsp3) is 0.667. The normalized spacial score (nSPS) is 9.44. The second-order valence-electron chi connectivity index (χ2n) is 3.19. The molecule has 0 bridgehead atoms. The molecule has 0 spiro atoms. The Morgan fingerprint density at radius 3 is 2.44 bits per heavy atom. The highest BCUT2D eigenvalue weighted by atomic mass is 16.2. The molecule has 0 aromatic rings. The Labute approximate surface area is 94.3 Å². The molecule has 3 amide bonds. The molecule has 0 saturated heterocycles. The van der Waals surface area contributed by atoms with Crippen molar-refractivity contribution in [1.82, 2.24) is 15.5 Å². The highest BCUT2D eigenvalue weighted by Gasteiger charge is 2.18. The van der Waals surface area contributed by atoms with E-state index in [1.54, 1.807) is 0 Å². The fourth-order valence-electron chi connectivity index (χ4n) is 0.930. The lowest BCUT2D eigenvalue weighted by Gasteiger charge is -2.15. The van der Waals surface area contributed by atoms with Gasteiger partial charge in [-0.1, -0.05) is 0 Å². The molecule has 16 heavy (non-hydrogen) atoms. The number of rotatable bonds is 5. The summed E-state index contributed by atoms with van der Waals surface area (Å²) in [5, 5.41) is 4.79. The van der Waals surface area contributed by atoms with Gasteiger partial charge in [-0.2, -0.15) is 0 Å². The van der Waals surface area contributed by atoms with Crippen LogP contribution in [0.5, 0.6) is 0 Å². The molecule has 0 aliphatic rings. The van der Waals surface area contributed by atoms with E-state index in [-0.39, 0.29) is 32.0 Å². The average Bonchev–Trinajstić information content (AvgIpc) is 2.31. The Balaban J connectivity index is 3.98. The molecule has 92 valence electrons. The van der Waals surface area contributed by atoms with E-state index in [1.807, 2.05) is 0 Å². The van der Waals surface area contributed by atoms with Crippen LogP contribution in [0, 0.1) is 0 Å². The van der Waals surface area contributed by atoms with Crippen molar-refractivity contribution in [2.75, 3.05) is 33.7 Å². The van der Waals surface area contributed by atoms with Crippen LogP contribution in [0.4, 0.5) is 0 Å². The van der Waals surface area contributed by atoms with E-state index in [0.717, 1.165) is 0 Å². The van der Waals surface area contributed by atoms with Gasteiger partial charge in [0.05, 0.1) is 0 Å². The van der Waals surface area contributed by atoms with E-state index in [9.17, 15) is 14.4 Å². The zero-order valence-corrected chi connectivity index (χ0v) is 9.58. The van der Waals surface area contributed by atoms with E-state index in [4.69, 9.17) is 5.73 Å². The van der Waals surface area contributed by atoms with Crippen LogP contribution >= 0.6 is 0 Å². The van der Waals surface area contributed by atoms with Gasteiger partial charge in [0.1, 0.15) is 0 Å². The van der Waals surface area contributed by atoms with Crippen molar-refractivity contribution in [1.29, 1.82) is 0 Å². The molecule has 0 aliphatic carbocycles. The third-order valence-electron chi connectivity index (χ3n) is 1.92. The Kier molecular flexibility index (Phi) is 6.86. The molecule has 0 aromatic heterocycles. The summed E-state index contributed by atoms with van der Waals surface area (Å²) in [4.78, 5) is 34.7. The van der Waals surface area contributed by atoms with Gasteiger partial charge in [0.25, 0.3) is 0 Å². The van der Waals surface area contributed by atoms with E-state index >= 15 is 0 Å². The largest absolute Gasteiger partial charge is 0.359 e. The third kappa shape index (κ3) is 5.30. The van der Waals surface area contributed by atoms with Crippen molar-refractivity contribution < 1.29 is 14.4 Å². The first-order chi connectivity index (χ1) is 7.52. The lowest BCUT2D eigenvalue weighted by atomic mass is 10.3. The highest BCUT2D eigenvalue weighted by molar-refractivity contribution is 6.34. The average molecular weight is 230 g/mol. The van der Waals surface area contributed by atoms with E-state index in [1.165, 1.54) is 19.0 Å². The van der Waals surface area contributed by atoms with E-state index in [0.29, 0.717) is 0 Å². The van der Waals surface area contributed by atoms with Gasteiger partial charge in [0, 0.05) is 40.2 Å². The first-order valence-corrected chi connectivity index (χ1v) is 4.96. The molecule has 0 aromatic carbocycles. The summed E-state index contributed by atoms with van der Waals surface area (Å²) in [5.41, 5.74) is 5.18. The van der Waals surface area contributed by atoms with Crippen LogP contribution in [0.25, 0.3) is 0 Å². The highest BCUT2D eigenvalue weighted by Crippen LogP contribution is 1.89. The van der Waals surface area contributed by atoms with Gasteiger partial charge in [-0.05, 0) is 0 Å². The smallest absolute Gasteiger partial charge is 0.311 e. The van der Waals surface area contributed by atoms with Gasteiger partial charge in [-0.25, -0.2) is 0 Å². The van der Waals surface area contributed by atoms with Crippen molar-refractivity contribution in [2.45, 2.75) is 6.42 Å². The zero-order valence-electron chi connectivity index (χ0n) is 9.58. The maximum absolute atomic E-state index is 11.4. The molecular weight excluding hydrogens is 212 g/mol. The Morgan fingerprint density at radius 2 is 1.94 bits per heavy atom. The molecule has 0 saturated carbocycles. The summed E-state index contributed by atoms with van der Waals surface area (Å²) in [6, 6.07) is 0. The number of amides is 3. The fourth-order valence-corrected chi connectivity index (χ4v) is 0.930. The number of carbonyl (C=O) groups is 3. The first-order valence-electron chi connectivity index (χ1n) is 4.96. The minimum atomic E-state index is -0.704. The molecule has 4 N–H and O–H groups in total. The minimum absolute atomic E-state index is 0.170. The first kappa shape index (κ1) is 14.4. The zero-order chi connectivity index (χ0) is 12.6. The number of nitrogens with two attached hydrogens (primary N) is 1. The summed E-state index contributed by atoms with van der Waals surface area (Å²) in [6.07, 6.45) is 0.170. The molecule has 0 aliphatic heterocycles. The summed E-state index contributed by atoms with van der Waals surface area (Å²) in [5.74, 6) is -1.55. The molecular formula is C9H18N4O3. The number of hydrogen-bond donors (Lipinski definition) is 3. The van der Waals surface area contributed by atoms with Crippen molar-refractivity contribution in [2.24, 2.45) is 5.73 Å². The van der Waals surface area contributed by atoms with Gasteiger partial charge in [0.15, 0.2) is 0 Å². The number of carbonyl (C=O) groups excluding carboxylic acids is 3. The molecule has 0 rings (SSSR count). The number of likely N-dealkylation sites (N-methyl/N-ethyl adjacent to an activating group) is 1. The van der Waals surface area contributed by atoms with Crippen LogP contribution < -0.4 is 16.4 Å². The van der Waals surface area contributed by atoms with Gasteiger partial charge in [-0.3, -0.25) is 14.4 Å². The monoisotopic (exact) mass is 230 g/mol. The van der Waals surface area contributed by atoms with Gasteiger partial charge < -0.3 is 21.3 Å². The second kappa shape index (κ2) is 7.63. The molecule has 0 fully saturated rings. The second-order valence-corrected chi connectivity index (χ2v) is 3.19. The van der Waals surface area contributed by atoms with Crippen LogP contribution in [0.1, 0.15) is 6.42 Å². The standard InChI is InChI=1S/C9H18N4O3/c1-11-7(14)3-6-13(2)9(16)8(15)12-5-4-10/h3-6,10H2,1-2H3,(H,11,14)(H,12,15). The SMILES string of the molecule is CNC(=O)CCN(C)C(=O)C(=O)NCCN. The topological polar surface area (TPSA) is 105 Å². The van der Waals surface area contributed by atoms with Crippen molar-refractivity contribution in [3.63, 3.8) is 0 Å². The molecule has 0 unspecified atom stereocenters. The maximum Gasteiger partial charge on any atom is 0.311 e. The predicted molar refractivity (Wildman–Crippen MR) is 58.4 cm³/mol. The summed E-state index contributed by atoms with van der Waals surface area (Å²) in [7, 11) is 2.98. The third-order valence-corrected chi connectivity index (χ3v) is 1.92. The number of nitrogens with one attached hydrogen (secondary N) is 2. The van der Waals surface area contributed by atoms with Crippen molar-refractivity contribution in [3.8, 4) is 0 Å². The summed E-state index contributed by atoms with van der Waals surface area (Å²) in [6.45, 7) is 0.739. The van der Waals surface area contributed by atoms with Gasteiger partial charge in [0.2, 0.25) is 5.91 Å². The van der Waals surface area contributed by atoms with Crippen LogP contribution in [-0.4, -0.2) is 56.4 Å². The summed E-state index contributed by atoms with van der Waals surface area (Å²) >= 11 is 0. The quantitative estimate of drug-likeness (QED) is 0.460. The molecule has 0 heterocycles. The van der Waals surface area contributed by atoms with Crippen LogP contribution in [0.15, 0.2) is 0 Å². The molecule has 0 radical (unpaired) electrons. The molecule has 7 heteroatoms. The van der Waals surface area contributed by atoms with Crippen LogP contribution in [0.3, 0.4) is 0 Å². The van der Waals surface area contributed by atoms with Crippen molar-refractivity contribution >= 4 is 17.7 Å². The lowest BCUT2D eigenvalue weighted by molar-refractivity contribution is -0.145. The maximum atomic E-state index is 11.4. The number of nitrogens with zero attached hydrogens (tertiary/aromatic N) is 1. The van der Waals surface area contributed by atoms with Crippen LogP contribution in [-0.2, 0) is 14.4 Å². The van der Waals surface area contributed by atoms with Gasteiger partial charge >= 0.3 is 11.8 Å².